The lowest BCUT2D eigenvalue weighted by atomic mass is 9.89. The van der Waals surface area contributed by atoms with E-state index in [-0.39, 0.29) is 43.2 Å². The maximum absolute atomic E-state index is 13.9. The Hall–Kier alpha value is -3.82. The zero-order valence-corrected chi connectivity index (χ0v) is 26.3. The Kier molecular flexibility index (Phi) is 8.81. The summed E-state index contributed by atoms with van der Waals surface area (Å²) < 4.78 is 83.3. The Morgan fingerprint density at radius 3 is 2.24 bits per heavy atom. The van der Waals surface area contributed by atoms with Crippen LogP contribution in [0.2, 0.25) is 0 Å². The molecule has 3 heterocycles. The number of carbonyl (C=O) groups is 2. The number of aliphatic hydroxyl groups is 1. The van der Waals surface area contributed by atoms with E-state index in [1.807, 2.05) is 0 Å². The second kappa shape index (κ2) is 12.1. The van der Waals surface area contributed by atoms with E-state index in [4.69, 9.17) is 0 Å². The van der Waals surface area contributed by atoms with Gasteiger partial charge in [0.15, 0.2) is 11.6 Å². The van der Waals surface area contributed by atoms with Gasteiger partial charge in [0.25, 0.3) is 11.8 Å². The van der Waals surface area contributed by atoms with Gasteiger partial charge in [0.1, 0.15) is 11.4 Å². The second-order valence-electron chi connectivity index (χ2n) is 12.2. The third kappa shape index (κ3) is 7.10. The molecule has 10 nitrogen and oxygen atoms in total. The van der Waals surface area contributed by atoms with Gasteiger partial charge >= 0.3 is 6.36 Å². The zero-order chi connectivity index (χ0) is 33.7. The van der Waals surface area contributed by atoms with Crippen LogP contribution >= 0.6 is 0 Å². The van der Waals surface area contributed by atoms with Crippen LogP contribution in [0.25, 0.3) is 6.08 Å². The highest BCUT2D eigenvalue weighted by Crippen LogP contribution is 2.34. The van der Waals surface area contributed by atoms with E-state index in [0.717, 1.165) is 23.6 Å². The summed E-state index contributed by atoms with van der Waals surface area (Å²) in [7, 11) is -3.92. The van der Waals surface area contributed by atoms with Gasteiger partial charge < -0.3 is 20.1 Å². The van der Waals surface area contributed by atoms with E-state index in [9.17, 15) is 40.7 Å². The van der Waals surface area contributed by atoms with Crippen LogP contribution in [0.15, 0.2) is 40.7 Å². The Balaban J connectivity index is 1.26. The van der Waals surface area contributed by atoms with Crippen molar-refractivity contribution in [1.29, 1.82) is 0 Å². The Bertz CT molecular complexity index is 1700. The van der Waals surface area contributed by atoms with E-state index in [0.29, 0.717) is 48.2 Å². The van der Waals surface area contributed by atoms with Crippen LogP contribution in [0.5, 0.6) is 5.75 Å². The number of alkyl halides is 3. The number of amidine groups is 1. The number of piperidine rings is 2. The molecule has 2 aromatic carbocycles. The lowest BCUT2D eigenvalue weighted by Gasteiger charge is -2.36. The van der Waals surface area contributed by atoms with E-state index >= 15 is 0 Å². The van der Waals surface area contributed by atoms with Gasteiger partial charge in [-0.3, -0.25) is 14.6 Å². The topological polar surface area (TPSA) is 129 Å². The number of hydrogen-bond acceptors (Lipinski definition) is 7. The number of ether oxygens (including phenoxy) is 1. The van der Waals surface area contributed by atoms with Crippen LogP contribution in [0.1, 0.15) is 65.2 Å². The van der Waals surface area contributed by atoms with Crippen LogP contribution in [-0.2, 0) is 14.8 Å². The molecule has 0 saturated carbocycles. The third-order valence-corrected chi connectivity index (χ3v) is 10.3. The van der Waals surface area contributed by atoms with Crippen molar-refractivity contribution in [2.24, 2.45) is 4.99 Å². The number of nitrogens with zero attached hydrogens (tertiary/aromatic N) is 3. The molecule has 0 aromatic heterocycles. The molecule has 2 aromatic rings. The summed E-state index contributed by atoms with van der Waals surface area (Å²) >= 11 is 0. The first-order valence-corrected chi connectivity index (χ1v) is 16.2. The molecule has 3 aliphatic rings. The van der Waals surface area contributed by atoms with E-state index in [1.54, 1.807) is 37.8 Å². The Morgan fingerprint density at radius 2 is 1.65 bits per heavy atom. The largest absolute Gasteiger partial charge is 0.573 e. The molecule has 15 heteroatoms. The van der Waals surface area contributed by atoms with Crippen LogP contribution in [0, 0.1) is 19.7 Å². The fraction of sp³-hybridized carbons (Fsp3) is 0.452. The Labute approximate surface area is 263 Å². The highest BCUT2D eigenvalue weighted by molar-refractivity contribution is 7.92. The average Bonchev–Trinajstić information content (AvgIpc) is 3.27. The minimum atomic E-state index is -5.12. The number of aryl methyl sites for hydroxylation is 2. The molecule has 248 valence electrons. The maximum atomic E-state index is 13.9. The molecule has 0 radical (unpaired) electrons. The van der Waals surface area contributed by atoms with Gasteiger partial charge in [-0.2, -0.15) is 4.31 Å². The summed E-state index contributed by atoms with van der Waals surface area (Å²) in [5, 5.41) is 13.8. The van der Waals surface area contributed by atoms with Crippen molar-refractivity contribution in [3.63, 3.8) is 0 Å². The number of aliphatic imine (C=N–C) groups is 1. The molecule has 5 rings (SSSR count). The minimum Gasteiger partial charge on any atom is -0.403 e. The van der Waals surface area contributed by atoms with Crippen molar-refractivity contribution in [1.82, 2.24) is 14.5 Å². The molecule has 2 fully saturated rings. The van der Waals surface area contributed by atoms with Gasteiger partial charge in [-0.25, -0.2) is 12.8 Å². The van der Waals surface area contributed by atoms with E-state index in [1.165, 1.54) is 10.4 Å². The average molecular weight is 667 g/mol. The standard InChI is InChI=1S/C31H34F4N4O6S/c1-19-16-22(27(40)38-11-7-29(3,42)8-12-38)17-20(2)23(19)6-15-46(43,44)39-13-9-30(10-14-39)28(41)36-26(37-30)21-4-5-24(32)25(18-21)45-31(33,34)35/h4-6,15-18,42H,7-14H2,1-3H3,(H,36,37,41). The lowest BCUT2D eigenvalue weighted by molar-refractivity contribution is -0.275. The minimum absolute atomic E-state index is 0.00592. The van der Waals surface area contributed by atoms with E-state index in [2.05, 4.69) is 15.0 Å². The lowest BCUT2D eigenvalue weighted by Crippen LogP contribution is -2.50. The number of likely N-dealkylation sites (tertiary alicyclic amines) is 1. The molecule has 2 saturated heterocycles. The van der Waals surface area contributed by atoms with Gasteiger partial charge in [0.05, 0.1) is 5.60 Å². The van der Waals surface area contributed by atoms with Gasteiger partial charge in [-0.05, 0) is 99.6 Å². The van der Waals surface area contributed by atoms with Crippen LogP contribution < -0.4 is 10.1 Å². The number of sulfonamides is 1. The first-order chi connectivity index (χ1) is 21.4. The van der Waals surface area contributed by atoms with Crippen LogP contribution in [-0.4, -0.2) is 84.1 Å². The monoisotopic (exact) mass is 666 g/mol. The van der Waals surface area contributed by atoms with Gasteiger partial charge in [-0.1, -0.05) is 0 Å². The SMILES string of the molecule is Cc1cc(C(=O)N2CCC(C)(O)CC2)cc(C)c1C=CS(=O)(=O)N1CCC2(CC1)N=C(c1ccc(F)c(OC(F)(F)F)c1)NC2=O. The number of nitrogens with one attached hydrogen (secondary N) is 1. The molecule has 0 aliphatic carbocycles. The number of benzene rings is 2. The summed E-state index contributed by atoms with van der Waals surface area (Å²) in [6.07, 6.45) is -2.63. The smallest absolute Gasteiger partial charge is 0.403 e. The van der Waals surface area contributed by atoms with Crippen molar-refractivity contribution in [3.8, 4) is 5.75 Å². The molecule has 2 N–H and O–H groups in total. The van der Waals surface area contributed by atoms with Crippen molar-refractivity contribution < 1.29 is 45.4 Å². The zero-order valence-electron chi connectivity index (χ0n) is 25.4. The molecule has 46 heavy (non-hydrogen) atoms. The maximum Gasteiger partial charge on any atom is 0.573 e. The van der Waals surface area contributed by atoms with Crippen molar-refractivity contribution in [2.45, 2.75) is 64.0 Å². The van der Waals surface area contributed by atoms with Gasteiger partial charge in [0, 0.05) is 42.7 Å². The summed E-state index contributed by atoms with van der Waals surface area (Å²) in [5.74, 6) is -3.06. The van der Waals surface area contributed by atoms with Crippen molar-refractivity contribution in [2.75, 3.05) is 26.2 Å². The summed E-state index contributed by atoms with van der Waals surface area (Å²) in [6.45, 7) is 6.13. The third-order valence-electron chi connectivity index (χ3n) is 8.70. The number of rotatable bonds is 6. The second-order valence-corrected chi connectivity index (χ2v) is 14.0. The van der Waals surface area contributed by atoms with Crippen LogP contribution in [0.3, 0.4) is 0 Å². The molecule has 1 spiro atoms. The molecule has 2 amide bonds. The fourth-order valence-electron chi connectivity index (χ4n) is 5.93. The molecular weight excluding hydrogens is 632 g/mol. The highest BCUT2D eigenvalue weighted by Gasteiger charge is 2.47. The first kappa shape index (κ1) is 33.5. The van der Waals surface area contributed by atoms with Gasteiger partial charge in [0.2, 0.25) is 10.0 Å². The number of halogens is 4. The molecule has 0 atom stereocenters. The van der Waals surface area contributed by atoms with Crippen LogP contribution in [0.4, 0.5) is 17.6 Å². The first-order valence-electron chi connectivity index (χ1n) is 14.7. The predicted molar refractivity (Wildman–Crippen MR) is 161 cm³/mol. The summed E-state index contributed by atoms with van der Waals surface area (Å²) in [5.41, 5.74) is 0.446. The number of amides is 2. The quantitative estimate of drug-likeness (QED) is 0.448. The predicted octanol–water partition coefficient (Wildman–Crippen LogP) is 4.04. The fourth-order valence-corrected chi connectivity index (χ4v) is 7.10. The number of carbonyl (C=O) groups excluding carboxylic acids is 2. The summed E-state index contributed by atoms with van der Waals surface area (Å²) in [4.78, 5) is 32.1. The molecule has 0 bridgehead atoms. The van der Waals surface area contributed by atoms with Crippen molar-refractivity contribution >= 4 is 33.7 Å². The molecule has 3 aliphatic heterocycles. The number of hydrogen-bond donors (Lipinski definition) is 2. The van der Waals surface area contributed by atoms with E-state index < -0.39 is 45.0 Å². The molecular formula is C31H34F4N4O6S. The van der Waals surface area contributed by atoms with Gasteiger partial charge in [-0.15, -0.1) is 13.2 Å². The Morgan fingerprint density at radius 1 is 1.04 bits per heavy atom. The highest BCUT2D eigenvalue weighted by atomic mass is 32.2. The van der Waals surface area contributed by atoms with Crippen molar-refractivity contribution in [3.05, 3.63) is 69.4 Å². The molecule has 0 unspecified atom stereocenters. The summed E-state index contributed by atoms with van der Waals surface area (Å²) in [6, 6.07) is 6.15. The normalized spacial score (nSPS) is 20.2.